The molecule has 0 atom stereocenters. The van der Waals surface area contributed by atoms with E-state index < -0.39 is 0 Å². The summed E-state index contributed by atoms with van der Waals surface area (Å²) < 4.78 is 5.09. The second kappa shape index (κ2) is 6.76. The number of hydrogen-bond acceptors (Lipinski definition) is 7. The van der Waals surface area contributed by atoms with Crippen molar-refractivity contribution in [3.8, 4) is 22.0 Å². The zero-order valence-corrected chi connectivity index (χ0v) is 14.0. The Balaban J connectivity index is 1.41. The lowest BCUT2D eigenvalue weighted by Gasteiger charge is -1.97. The Hall–Kier alpha value is -3.53. The molecular formula is C16H12N6O3S. The van der Waals surface area contributed by atoms with Gasteiger partial charge >= 0.3 is 0 Å². The number of carbonyl (C=O) groups excluding carboxylic acids is 1. The molecule has 0 aliphatic rings. The van der Waals surface area contributed by atoms with Gasteiger partial charge in [0.2, 0.25) is 17.3 Å². The average Bonchev–Trinajstić information content (AvgIpc) is 3.40. The lowest BCUT2D eigenvalue weighted by atomic mass is 10.2. The SMILES string of the molecule is O=C(NCc1nc(-c2cc[nH]c(=O)c2)no1)c1cc(-c2cccs2)[nH]n1. The first-order chi connectivity index (χ1) is 12.7. The van der Waals surface area contributed by atoms with Crippen molar-refractivity contribution in [1.82, 2.24) is 30.6 Å². The number of hydrogen-bond donors (Lipinski definition) is 3. The van der Waals surface area contributed by atoms with E-state index in [1.165, 1.54) is 12.3 Å². The molecule has 4 aromatic heterocycles. The molecule has 0 bridgehead atoms. The molecule has 1 amide bonds. The molecule has 4 rings (SSSR count). The summed E-state index contributed by atoms with van der Waals surface area (Å²) in [6.07, 6.45) is 1.50. The topological polar surface area (TPSA) is 130 Å². The minimum Gasteiger partial charge on any atom is -0.342 e. The van der Waals surface area contributed by atoms with Crippen LogP contribution in [0.4, 0.5) is 0 Å². The van der Waals surface area contributed by atoms with Gasteiger partial charge in [-0.3, -0.25) is 14.7 Å². The monoisotopic (exact) mass is 368 g/mol. The van der Waals surface area contributed by atoms with Crippen molar-refractivity contribution in [3.05, 3.63) is 63.8 Å². The summed E-state index contributed by atoms with van der Waals surface area (Å²) in [5.74, 6) is 0.141. The predicted octanol–water partition coefficient (Wildman–Crippen LogP) is 1.81. The minimum absolute atomic E-state index is 0.0518. The molecule has 0 aliphatic carbocycles. The highest BCUT2D eigenvalue weighted by molar-refractivity contribution is 7.13. The second-order valence-corrected chi connectivity index (χ2v) is 6.23. The van der Waals surface area contributed by atoms with Crippen LogP contribution in [0.3, 0.4) is 0 Å². The normalized spacial score (nSPS) is 10.8. The molecule has 0 spiro atoms. The number of rotatable bonds is 5. The zero-order valence-electron chi connectivity index (χ0n) is 13.2. The maximum Gasteiger partial charge on any atom is 0.272 e. The number of aromatic amines is 2. The number of nitrogens with zero attached hydrogens (tertiary/aromatic N) is 3. The highest BCUT2D eigenvalue weighted by Crippen LogP contribution is 2.22. The lowest BCUT2D eigenvalue weighted by Crippen LogP contribution is -2.23. The Morgan fingerprint density at radius 3 is 3.04 bits per heavy atom. The van der Waals surface area contributed by atoms with Gasteiger partial charge in [-0.15, -0.1) is 11.3 Å². The van der Waals surface area contributed by atoms with Crippen LogP contribution in [0, 0.1) is 0 Å². The van der Waals surface area contributed by atoms with E-state index in [-0.39, 0.29) is 35.4 Å². The van der Waals surface area contributed by atoms with Crippen LogP contribution < -0.4 is 10.9 Å². The first kappa shape index (κ1) is 16.0. The summed E-state index contributed by atoms with van der Waals surface area (Å²) in [6.45, 7) is 0.0518. The van der Waals surface area contributed by atoms with Gasteiger partial charge in [0.05, 0.1) is 17.1 Å². The van der Waals surface area contributed by atoms with Crippen LogP contribution in [-0.2, 0) is 6.54 Å². The molecule has 3 N–H and O–H groups in total. The molecule has 0 saturated carbocycles. The fourth-order valence-electron chi connectivity index (χ4n) is 2.27. The maximum atomic E-state index is 12.2. The van der Waals surface area contributed by atoms with Gasteiger partial charge in [0.1, 0.15) is 0 Å². The second-order valence-electron chi connectivity index (χ2n) is 5.28. The van der Waals surface area contributed by atoms with E-state index in [0.717, 1.165) is 10.6 Å². The average molecular weight is 368 g/mol. The van der Waals surface area contributed by atoms with Gasteiger partial charge < -0.3 is 14.8 Å². The van der Waals surface area contributed by atoms with Gasteiger partial charge in [-0.05, 0) is 23.6 Å². The number of aromatic nitrogens is 5. The fourth-order valence-corrected chi connectivity index (χ4v) is 2.96. The summed E-state index contributed by atoms with van der Waals surface area (Å²) in [5.41, 5.74) is 1.31. The van der Waals surface area contributed by atoms with Crippen molar-refractivity contribution in [3.63, 3.8) is 0 Å². The summed E-state index contributed by atoms with van der Waals surface area (Å²) in [7, 11) is 0. The number of carbonyl (C=O) groups is 1. The summed E-state index contributed by atoms with van der Waals surface area (Å²) >= 11 is 1.55. The maximum absolute atomic E-state index is 12.2. The Labute approximate surface area is 150 Å². The predicted molar refractivity (Wildman–Crippen MR) is 93.4 cm³/mol. The number of pyridine rings is 1. The molecule has 130 valence electrons. The largest absolute Gasteiger partial charge is 0.342 e. The third-order valence-electron chi connectivity index (χ3n) is 3.50. The van der Waals surface area contributed by atoms with Gasteiger partial charge in [-0.25, -0.2) is 0 Å². The van der Waals surface area contributed by atoms with Crippen LogP contribution >= 0.6 is 11.3 Å². The van der Waals surface area contributed by atoms with Gasteiger partial charge in [-0.1, -0.05) is 11.2 Å². The van der Waals surface area contributed by atoms with E-state index in [9.17, 15) is 9.59 Å². The van der Waals surface area contributed by atoms with Crippen molar-refractivity contribution in [2.24, 2.45) is 0 Å². The minimum atomic E-state index is -0.361. The van der Waals surface area contributed by atoms with Crippen LogP contribution in [0.15, 0.2) is 51.2 Å². The molecule has 0 saturated heterocycles. The van der Waals surface area contributed by atoms with Gasteiger partial charge in [-0.2, -0.15) is 10.1 Å². The van der Waals surface area contributed by atoms with Crippen LogP contribution in [-0.4, -0.2) is 31.2 Å². The first-order valence-electron chi connectivity index (χ1n) is 7.58. The van der Waals surface area contributed by atoms with Gasteiger partial charge in [0.25, 0.3) is 5.91 Å². The van der Waals surface area contributed by atoms with Gasteiger partial charge in [0.15, 0.2) is 5.69 Å². The van der Waals surface area contributed by atoms with Crippen molar-refractivity contribution in [2.45, 2.75) is 6.54 Å². The van der Waals surface area contributed by atoms with E-state index in [2.05, 4.69) is 30.6 Å². The molecule has 4 aromatic rings. The van der Waals surface area contributed by atoms with E-state index in [4.69, 9.17) is 4.52 Å². The quantitative estimate of drug-likeness (QED) is 0.492. The fraction of sp³-hybridized carbons (Fsp3) is 0.0625. The Morgan fingerprint density at radius 2 is 2.23 bits per heavy atom. The third-order valence-corrected chi connectivity index (χ3v) is 4.40. The zero-order chi connectivity index (χ0) is 17.9. The summed E-state index contributed by atoms with van der Waals surface area (Å²) in [4.78, 5) is 31.2. The highest BCUT2D eigenvalue weighted by Gasteiger charge is 2.14. The Morgan fingerprint density at radius 1 is 1.31 bits per heavy atom. The van der Waals surface area contributed by atoms with Crippen molar-refractivity contribution < 1.29 is 9.32 Å². The van der Waals surface area contributed by atoms with E-state index in [1.807, 2.05) is 17.5 Å². The highest BCUT2D eigenvalue weighted by atomic mass is 32.1. The molecule has 0 aliphatic heterocycles. The van der Waals surface area contributed by atoms with Crippen LogP contribution in [0.5, 0.6) is 0 Å². The van der Waals surface area contributed by atoms with E-state index in [1.54, 1.807) is 23.5 Å². The summed E-state index contributed by atoms with van der Waals surface area (Å²) in [6, 6.07) is 8.56. The standard InChI is InChI=1S/C16H12N6O3S/c23-13-6-9(3-4-17-13)15-19-14(25-22-15)8-18-16(24)11-7-10(20-21-11)12-2-1-5-26-12/h1-7H,8H2,(H,17,23)(H,18,24)(H,20,21). The Bertz CT molecular complexity index is 1100. The molecule has 0 aromatic carbocycles. The summed E-state index contributed by atoms with van der Waals surface area (Å²) in [5, 5.41) is 15.3. The molecule has 0 radical (unpaired) electrons. The molecule has 0 fully saturated rings. The van der Waals surface area contributed by atoms with Crippen LogP contribution in [0.25, 0.3) is 22.0 Å². The van der Waals surface area contributed by atoms with Crippen molar-refractivity contribution >= 4 is 17.2 Å². The van der Waals surface area contributed by atoms with E-state index in [0.29, 0.717) is 5.56 Å². The van der Waals surface area contributed by atoms with Crippen molar-refractivity contribution in [2.75, 3.05) is 0 Å². The molecule has 10 heteroatoms. The number of thiophene rings is 1. The van der Waals surface area contributed by atoms with Crippen molar-refractivity contribution in [1.29, 1.82) is 0 Å². The van der Waals surface area contributed by atoms with Crippen LogP contribution in [0.2, 0.25) is 0 Å². The lowest BCUT2D eigenvalue weighted by molar-refractivity contribution is 0.0941. The van der Waals surface area contributed by atoms with E-state index >= 15 is 0 Å². The van der Waals surface area contributed by atoms with Crippen LogP contribution in [0.1, 0.15) is 16.4 Å². The molecular weight excluding hydrogens is 356 g/mol. The molecule has 26 heavy (non-hydrogen) atoms. The first-order valence-corrected chi connectivity index (χ1v) is 8.46. The van der Waals surface area contributed by atoms with Gasteiger partial charge in [0, 0.05) is 17.8 Å². The molecule has 9 nitrogen and oxygen atoms in total. The number of nitrogens with one attached hydrogen (secondary N) is 3. The Kier molecular flexibility index (Phi) is 4.15. The number of amides is 1. The third kappa shape index (κ3) is 3.30. The molecule has 0 unspecified atom stereocenters. The molecule has 4 heterocycles. The number of H-pyrrole nitrogens is 2. The smallest absolute Gasteiger partial charge is 0.272 e.